The van der Waals surface area contributed by atoms with E-state index in [-0.39, 0.29) is 16.9 Å². The first kappa shape index (κ1) is 23.0. The van der Waals surface area contributed by atoms with Gasteiger partial charge in [-0.3, -0.25) is 19.7 Å². The number of nitrogens with one attached hydrogen (secondary N) is 1. The van der Waals surface area contributed by atoms with Crippen LogP contribution in [0.1, 0.15) is 28.4 Å². The molecule has 3 N–H and O–H groups in total. The largest absolute Gasteiger partial charge is 0.416 e. The fourth-order valence-electron chi connectivity index (χ4n) is 3.49. The van der Waals surface area contributed by atoms with Gasteiger partial charge in [-0.25, -0.2) is 14.4 Å². The Bertz CT molecular complexity index is 1430. The highest BCUT2D eigenvalue weighted by atomic mass is 19.4. The van der Waals surface area contributed by atoms with E-state index in [4.69, 9.17) is 5.73 Å². The van der Waals surface area contributed by atoms with Gasteiger partial charge < -0.3 is 5.73 Å². The second-order valence-electron chi connectivity index (χ2n) is 7.60. The average molecular weight is 474 g/mol. The number of pyridine rings is 1. The lowest BCUT2D eigenvalue weighted by atomic mass is 10.1. The molecule has 4 rings (SSSR count). The topological polar surface area (TPSA) is 108 Å². The number of aromatic nitrogens is 3. The summed E-state index contributed by atoms with van der Waals surface area (Å²) in [5.74, 6) is -2.11. The van der Waals surface area contributed by atoms with Crippen molar-refractivity contribution in [3.8, 4) is 0 Å². The van der Waals surface area contributed by atoms with Crippen LogP contribution in [0.4, 0.5) is 23.4 Å². The summed E-state index contributed by atoms with van der Waals surface area (Å²) >= 11 is 0. The van der Waals surface area contributed by atoms with Crippen molar-refractivity contribution in [3.63, 3.8) is 0 Å². The maximum absolute atomic E-state index is 14.5. The van der Waals surface area contributed by atoms with Crippen molar-refractivity contribution in [2.24, 2.45) is 0 Å². The molecule has 0 spiro atoms. The molecule has 2 amide bonds. The van der Waals surface area contributed by atoms with Gasteiger partial charge in [0.15, 0.2) is 0 Å². The number of H-pyrrole nitrogens is 1. The number of alkyl halides is 3. The molecule has 0 radical (unpaired) electrons. The fourth-order valence-corrected chi connectivity index (χ4v) is 3.49. The number of aromatic amines is 1. The van der Waals surface area contributed by atoms with Gasteiger partial charge in [-0.05, 0) is 30.3 Å². The van der Waals surface area contributed by atoms with Gasteiger partial charge in [0.25, 0.3) is 5.91 Å². The molecule has 0 saturated heterocycles. The number of benzene rings is 2. The summed E-state index contributed by atoms with van der Waals surface area (Å²) in [6.07, 6.45) is -3.22. The van der Waals surface area contributed by atoms with Crippen molar-refractivity contribution in [1.29, 1.82) is 0 Å². The summed E-state index contributed by atoms with van der Waals surface area (Å²) in [6.45, 7) is 0.723. The summed E-state index contributed by atoms with van der Waals surface area (Å²) in [7, 11) is 1.30. The molecule has 0 aliphatic carbocycles. The Morgan fingerprint density at radius 1 is 1.12 bits per heavy atom. The van der Waals surface area contributed by atoms with Gasteiger partial charge in [-0.15, -0.1) is 0 Å². The standard InChI is InChI=1S/C22H18F4N6O2/c1-11(33)31(2)32(10-13-3-5-14(8-17(13)23)22(24,25)26)21(34)12-4-6-18-15(7-12)19-16(9-28-30-19)20(27)29-18/h3-9H,10H2,1-2H3,(H2,27,29)(H,28,30). The Morgan fingerprint density at radius 3 is 2.50 bits per heavy atom. The normalized spacial score (nSPS) is 11.7. The van der Waals surface area contributed by atoms with Crippen molar-refractivity contribution < 1.29 is 27.2 Å². The zero-order chi connectivity index (χ0) is 24.8. The first-order chi connectivity index (χ1) is 16.0. The SMILES string of the molecule is CC(=O)N(C)N(Cc1ccc(C(F)(F)F)cc1F)C(=O)c1ccc2nc(N)c3cn[nH]c3c2c1. The van der Waals surface area contributed by atoms with E-state index in [0.29, 0.717) is 27.9 Å². The molecule has 2 aromatic heterocycles. The van der Waals surface area contributed by atoms with E-state index >= 15 is 0 Å². The third-order valence-corrected chi connectivity index (χ3v) is 5.42. The summed E-state index contributed by atoms with van der Waals surface area (Å²) in [5, 5.41) is 9.77. The number of hydrogen-bond donors (Lipinski definition) is 2. The highest BCUT2D eigenvalue weighted by Gasteiger charge is 2.32. The van der Waals surface area contributed by atoms with Gasteiger partial charge in [0.2, 0.25) is 5.91 Å². The first-order valence-electron chi connectivity index (χ1n) is 9.91. The zero-order valence-corrected chi connectivity index (χ0v) is 17.9. The van der Waals surface area contributed by atoms with Gasteiger partial charge >= 0.3 is 6.18 Å². The average Bonchev–Trinajstić information content (AvgIpc) is 3.27. The smallest absolute Gasteiger partial charge is 0.383 e. The first-order valence-corrected chi connectivity index (χ1v) is 9.91. The molecule has 0 unspecified atom stereocenters. The summed E-state index contributed by atoms with van der Waals surface area (Å²) < 4.78 is 53.1. The number of hydrazine groups is 1. The molecule has 34 heavy (non-hydrogen) atoms. The van der Waals surface area contributed by atoms with E-state index in [2.05, 4.69) is 15.2 Å². The Balaban J connectivity index is 1.75. The molecule has 0 bridgehead atoms. The minimum atomic E-state index is -4.72. The molecule has 2 aromatic carbocycles. The Labute approximate surface area is 189 Å². The molecular formula is C22H18F4N6O2. The summed E-state index contributed by atoms with van der Waals surface area (Å²) in [5.41, 5.74) is 5.76. The quantitative estimate of drug-likeness (QED) is 0.346. The molecule has 12 heteroatoms. The Morgan fingerprint density at radius 2 is 1.85 bits per heavy atom. The van der Waals surface area contributed by atoms with Crippen LogP contribution in [0.5, 0.6) is 0 Å². The molecule has 2 heterocycles. The monoisotopic (exact) mass is 474 g/mol. The lowest BCUT2D eigenvalue weighted by Crippen LogP contribution is -2.46. The van der Waals surface area contributed by atoms with Gasteiger partial charge in [0.1, 0.15) is 11.6 Å². The van der Waals surface area contributed by atoms with Gasteiger partial charge in [0, 0.05) is 30.5 Å². The number of nitrogen functional groups attached to an aromatic ring is 1. The number of amides is 2. The predicted octanol–water partition coefficient (Wildman–Crippen LogP) is 3.89. The van der Waals surface area contributed by atoms with E-state index in [0.717, 1.165) is 22.2 Å². The number of carbonyl (C=O) groups is 2. The van der Waals surface area contributed by atoms with Crippen LogP contribution in [-0.4, -0.2) is 44.1 Å². The van der Waals surface area contributed by atoms with Gasteiger partial charge in [-0.2, -0.15) is 18.3 Å². The van der Waals surface area contributed by atoms with Crippen LogP contribution >= 0.6 is 0 Å². The maximum Gasteiger partial charge on any atom is 0.416 e. The summed E-state index contributed by atoms with van der Waals surface area (Å²) in [4.78, 5) is 29.7. The minimum Gasteiger partial charge on any atom is -0.383 e. The Hall–Kier alpha value is -4.22. The number of halogens is 4. The van der Waals surface area contributed by atoms with E-state index in [1.807, 2.05) is 0 Å². The minimum absolute atomic E-state index is 0.135. The van der Waals surface area contributed by atoms with Crippen molar-refractivity contribution in [2.75, 3.05) is 12.8 Å². The predicted molar refractivity (Wildman–Crippen MR) is 116 cm³/mol. The maximum atomic E-state index is 14.5. The van der Waals surface area contributed by atoms with Crippen LogP contribution in [-0.2, 0) is 17.5 Å². The van der Waals surface area contributed by atoms with Crippen molar-refractivity contribution in [2.45, 2.75) is 19.6 Å². The molecule has 0 fully saturated rings. The van der Waals surface area contributed by atoms with E-state index in [9.17, 15) is 27.2 Å². The number of carbonyl (C=O) groups excluding carboxylic acids is 2. The summed E-state index contributed by atoms with van der Waals surface area (Å²) in [6, 6.07) is 6.55. The number of nitrogens with two attached hydrogens (primary N) is 1. The third kappa shape index (κ3) is 4.09. The van der Waals surface area contributed by atoms with Crippen LogP contribution in [0.2, 0.25) is 0 Å². The van der Waals surface area contributed by atoms with Crippen LogP contribution in [0, 0.1) is 5.82 Å². The van der Waals surface area contributed by atoms with E-state index in [1.54, 1.807) is 6.07 Å². The number of rotatable bonds is 3. The molecule has 0 aliphatic heterocycles. The highest BCUT2D eigenvalue weighted by Crippen LogP contribution is 2.31. The molecule has 4 aromatic rings. The van der Waals surface area contributed by atoms with Crippen LogP contribution < -0.4 is 5.73 Å². The molecule has 0 aliphatic rings. The zero-order valence-electron chi connectivity index (χ0n) is 17.9. The van der Waals surface area contributed by atoms with Crippen molar-refractivity contribution in [1.82, 2.24) is 25.2 Å². The van der Waals surface area contributed by atoms with Gasteiger partial charge in [-0.1, -0.05) is 6.07 Å². The molecule has 8 nitrogen and oxygen atoms in total. The number of nitrogens with zero attached hydrogens (tertiary/aromatic N) is 4. The lowest BCUT2D eigenvalue weighted by Gasteiger charge is -2.31. The van der Waals surface area contributed by atoms with E-state index in [1.165, 1.54) is 32.3 Å². The number of hydrogen-bond acceptors (Lipinski definition) is 5. The van der Waals surface area contributed by atoms with E-state index < -0.39 is 35.9 Å². The second kappa shape index (κ2) is 8.28. The van der Waals surface area contributed by atoms with Crippen molar-refractivity contribution in [3.05, 3.63) is 65.1 Å². The van der Waals surface area contributed by atoms with Crippen LogP contribution in [0.15, 0.2) is 42.6 Å². The van der Waals surface area contributed by atoms with Gasteiger partial charge in [0.05, 0.1) is 34.7 Å². The molecule has 0 atom stereocenters. The third-order valence-electron chi connectivity index (χ3n) is 5.42. The molecule has 176 valence electrons. The lowest BCUT2D eigenvalue weighted by molar-refractivity contribution is -0.140. The van der Waals surface area contributed by atoms with Crippen molar-refractivity contribution >= 4 is 39.4 Å². The number of fused-ring (bicyclic) bond motifs is 3. The van der Waals surface area contributed by atoms with Crippen LogP contribution in [0.3, 0.4) is 0 Å². The number of anilines is 1. The van der Waals surface area contributed by atoms with Crippen LogP contribution in [0.25, 0.3) is 21.8 Å². The second-order valence-corrected chi connectivity index (χ2v) is 7.60. The Kier molecular flexibility index (Phi) is 5.59. The molecule has 0 saturated carbocycles. The fraction of sp³-hybridized carbons (Fsp3) is 0.182. The highest BCUT2D eigenvalue weighted by molar-refractivity contribution is 6.09. The molecular weight excluding hydrogens is 456 g/mol.